The van der Waals surface area contributed by atoms with Crippen molar-refractivity contribution in [3.05, 3.63) is 10.6 Å². The molecule has 0 aliphatic heterocycles. The first-order valence-electron chi connectivity index (χ1n) is 7.99. The lowest BCUT2D eigenvalue weighted by atomic mass is 9.85. The van der Waals surface area contributed by atoms with Crippen molar-refractivity contribution in [2.45, 2.75) is 46.3 Å². The molecule has 21 heavy (non-hydrogen) atoms. The van der Waals surface area contributed by atoms with Gasteiger partial charge in [0.05, 0.1) is 12.3 Å². The summed E-state index contributed by atoms with van der Waals surface area (Å²) in [5.41, 5.74) is 1.09. The van der Waals surface area contributed by atoms with Crippen LogP contribution in [0.25, 0.3) is 0 Å². The molecule has 2 rings (SSSR count). The van der Waals surface area contributed by atoms with E-state index in [1.807, 2.05) is 11.3 Å². The van der Waals surface area contributed by atoms with Gasteiger partial charge in [-0.2, -0.15) is 0 Å². The summed E-state index contributed by atoms with van der Waals surface area (Å²) in [7, 11) is 3.90. The van der Waals surface area contributed by atoms with E-state index in [1.165, 1.54) is 24.1 Å². The number of hydrogen-bond donors (Lipinski definition) is 1. The summed E-state index contributed by atoms with van der Waals surface area (Å²) in [6.45, 7) is 8.13. The number of aromatic nitrogens is 1. The molecule has 120 valence electrons. The average Bonchev–Trinajstić information content (AvgIpc) is 2.77. The lowest BCUT2D eigenvalue weighted by Crippen LogP contribution is -2.29. The standard InChI is InChI=1S/C16H29N3OS/c1-12(2)8-17-9-15-14(11-20-4)18-16(21-15)19(3)10-13-6-5-7-13/h12-13,17H,5-11H2,1-4H3. The molecule has 1 N–H and O–H groups in total. The number of ether oxygens (including phenoxy) is 1. The van der Waals surface area contributed by atoms with Crippen LogP contribution in [0.3, 0.4) is 0 Å². The summed E-state index contributed by atoms with van der Waals surface area (Å²) >= 11 is 1.81. The first-order chi connectivity index (χ1) is 10.1. The first kappa shape index (κ1) is 16.7. The molecule has 0 aromatic carbocycles. The van der Waals surface area contributed by atoms with Gasteiger partial charge in [-0.15, -0.1) is 11.3 Å². The average molecular weight is 311 g/mol. The van der Waals surface area contributed by atoms with Gasteiger partial charge in [-0.1, -0.05) is 20.3 Å². The summed E-state index contributed by atoms with van der Waals surface area (Å²) in [4.78, 5) is 8.42. The van der Waals surface area contributed by atoms with E-state index in [2.05, 4.69) is 31.1 Å². The van der Waals surface area contributed by atoms with Gasteiger partial charge in [-0.3, -0.25) is 0 Å². The van der Waals surface area contributed by atoms with Crippen molar-refractivity contribution in [3.8, 4) is 0 Å². The highest BCUT2D eigenvalue weighted by atomic mass is 32.1. The minimum atomic E-state index is 0.604. The minimum absolute atomic E-state index is 0.604. The van der Waals surface area contributed by atoms with Crippen LogP contribution in [0.15, 0.2) is 0 Å². The van der Waals surface area contributed by atoms with E-state index < -0.39 is 0 Å². The van der Waals surface area contributed by atoms with Crippen molar-refractivity contribution in [1.82, 2.24) is 10.3 Å². The smallest absolute Gasteiger partial charge is 0.185 e. The maximum Gasteiger partial charge on any atom is 0.185 e. The van der Waals surface area contributed by atoms with Gasteiger partial charge < -0.3 is 15.0 Å². The van der Waals surface area contributed by atoms with Gasteiger partial charge in [0.25, 0.3) is 0 Å². The van der Waals surface area contributed by atoms with Crippen molar-refractivity contribution in [1.29, 1.82) is 0 Å². The Morgan fingerprint density at radius 1 is 1.43 bits per heavy atom. The van der Waals surface area contributed by atoms with Gasteiger partial charge in [0.2, 0.25) is 0 Å². The van der Waals surface area contributed by atoms with E-state index in [1.54, 1.807) is 7.11 Å². The predicted octanol–water partition coefficient (Wildman–Crippen LogP) is 3.27. The molecule has 0 atom stereocenters. The van der Waals surface area contributed by atoms with Crippen LogP contribution in [0.4, 0.5) is 5.13 Å². The fourth-order valence-corrected chi connectivity index (χ4v) is 3.54. The van der Waals surface area contributed by atoms with Gasteiger partial charge in [0.1, 0.15) is 0 Å². The maximum absolute atomic E-state index is 5.30. The molecular formula is C16H29N3OS. The van der Waals surface area contributed by atoms with Crippen LogP contribution in [0.5, 0.6) is 0 Å². The number of methoxy groups -OCH3 is 1. The van der Waals surface area contributed by atoms with Crippen LogP contribution in [0, 0.1) is 11.8 Å². The summed E-state index contributed by atoms with van der Waals surface area (Å²) < 4.78 is 5.30. The highest BCUT2D eigenvalue weighted by molar-refractivity contribution is 7.15. The van der Waals surface area contributed by atoms with E-state index in [0.29, 0.717) is 12.5 Å². The molecule has 5 heteroatoms. The monoisotopic (exact) mass is 311 g/mol. The molecule has 1 aliphatic carbocycles. The molecule has 0 bridgehead atoms. The number of nitrogens with one attached hydrogen (secondary N) is 1. The zero-order valence-corrected chi connectivity index (χ0v) is 14.6. The Morgan fingerprint density at radius 3 is 2.76 bits per heavy atom. The Labute approximate surface area is 132 Å². The molecule has 1 saturated carbocycles. The molecule has 0 amide bonds. The molecule has 0 radical (unpaired) electrons. The minimum Gasteiger partial charge on any atom is -0.378 e. The largest absolute Gasteiger partial charge is 0.378 e. The molecule has 0 unspecified atom stereocenters. The maximum atomic E-state index is 5.30. The number of hydrogen-bond acceptors (Lipinski definition) is 5. The zero-order valence-electron chi connectivity index (χ0n) is 13.8. The topological polar surface area (TPSA) is 37.4 Å². The third kappa shape index (κ3) is 4.94. The third-order valence-corrected chi connectivity index (χ3v) is 5.18. The number of thiazole rings is 1. The van der Waals surface area contributed by atoms with Crippen molar-refractivity contribution < 1.29 is 4.74 Å². The Morgan fingerprint density at radius 2 is 2.19 bits per heavy atom. The fraction of sp³-hybridized carbons (Fsp3) is 0.812. The van der Waals surface area contributed by atoms with Crippen molar-refractivity contribution in [2.24, 2.45) is 11.8 Å². The number of nitrogens with zero attached hydrogens (tertiary/aromatic N) is 2. The lowest BCUT2D eigenvalue weighted by molar-refractivity contribution is 0.181. The van der Waals surface area contributed by atoms with E-state index in [9.17, 15) is 0 Å². The Bertz CT molecular complexity index is 429. The normalized spacial score (nSPS) is 15.5. The SMILES string of the molecule is COCc1nc(N(C)CC2CCC2)sc1CNCC(C)C. The second-order valence-corrected chi connectivity index (χ2v) is 7.56. The van der Waals surface area contributed by atoms with Crippen LogP contribution in [0.1, 0.15) is 43.7 Å². The molecule has 0 saturated heterocycles. The highest BCUT2D eigenvalue weighted by Crippen LogP contribution is 2.31. The van der Waals surface area contributed by atoms with Crippen LogP contribution < -0.4 is 10.2 Å². The van der Waals surface area contributed by atoms with Gasteiger partial charge in [0.15, 0.2) is 5.13 Å². The molecular weight excluding hydrogens is 282 g/mol. The van der Waals surface area contributed by atoms with E-state index >= 15 is 0 Å². The Hall–Kier alpha value is -0.650. The summed E-state index contributed by atoms with van der Waals surface area (Å²) in [6, 6.07) is 0. The molecule has 0 spiro atoms. The van der Waals surface area contributed by atoms with Gasteiger partial charge in [-0.05, 0) is 31.2 Å². The highest BCUT2D eigenvalue weighted by Gasteiger charge is 2.21. The van der Waals surface area contributed by atoms with Crippen LogP contribution >= 0.6 is 11.3 Å². The summed E-state index contributed by atoms with van der Waals surface area (Å²) in [5.74, 6) is 1.54. The Balaban J connectivity index is 1.97. The first-order valence-corrected chi connectivity index (χ1v) is 8.81. The third-order valence-electron chi connectivity index (χ3n) is 3.97. The van der Waals surface area contributed by atoms with Gasteiger partial charge in [0, 0.05) is 32.1 Å². The fourth-order valence-electron chi connectivity index (χ4n) is 2.54. The van der Waals surface area contributed by atoms with Crippen molar-refractivity contribution in [2.75, 3.05) is 32.1 Å². The number of rotatable bonds is 9. The van der Waals surface area contributed by atoms with Gasteiger partial charge in [-0.25, -0.2) is 4.98 Å². The molecule has 4 nitrogen and oxygen atoms in total. The number of anilines is 1. The van der Waals surface area contributed by atoms with Crippen LogP contribution in [-0.2, 0) is 17.9 Å². The Kier molecular flexibility index (Phi) is 6.45. The molecule has 1 aromatic heterocycles. The molecule has 1 fully saturated rings. The lowest BCUT2D eigenvalue weighted by Gasteiger charge is -2.29. The van der Waals surface area contributed by atoms with Crippen molar-refractivity contribution in [3.63, 3.8) is 0 Å². The van der Waals surface area contributed by atoms with E-state index in [-0.39, 0.29) is 0 Å². The second-order valence-electron chi connectivity index (χ2n) is 6.50. The van der Waals surface area contributed by atoms with E-state index in [0.717, 1.165) is 36.4 Å². The zero-order chi connectivity index (χ0) is 15.2. The van der Waals surface area contributed by atoms with E-state index in [4.69, 9.17) is 9.72 Å². The second kappa shape index (κ2) is 8.11. The summed E-state index contributed by atoms with van der Waals surface area (Å²) in [5, 5.41) is 4.65. The molecule has 1 heterocycles. The summed E-state index contributed by atoms with van der Waals surface area (Å²) in [6.07, 6.45) is 4.16. The molecule has 1 aliphatic rings. The predicted molar refractivity (Wildman–Crippen MR) is 90.0 cm³/mol. The van der Waals surface area contributed by atoms with Crippen molar-refractivity contribution >= 4 is 16.5 Å². The molecule has 1 aromatic rings. The van der Waals surface area contributed by atoms with Crippen LogP contribution in [-0.4, -0.2) is 32.2 Å². The quantitative estimate of drug-likeness (QED) is 0.759. The van der Waals surface area contributed by atoms with Gasteiger partial charge >= 0.3 is 0 Å². The van der Waals surface area contributed by atoms with Crippen LogP contribution in [0.2, 0.25) is 0 Å².